The van der Waals surface area contributed by atoms with Crippen molar-refractivity contribution in [2.75, 3.05) is 11.5 Å². The summed E-state index contributed by atoms with van der Waals surface area (Å²) in [5, 5.41) is 15.8. The van der Waals surface area contributed by atoms with Crippen LogP contribution < -0.4 is 0 Å². The van der Waals surface area contributed by atoms with E-state index in [0.717, 1.165) is 0 Å². The van der Waals surface area contributed by atoms with Crippen LogP contribution in [-0.4, -0.2) is 33.7 Å². The van der Waals surface area contributed by atoms with E-state index in [9.17, 15) is 9.59 Å². The van der Waals surface area contributed by atoms with Gasteiger partial charge in [-0.25, -0.2) is 9.59 Å². The highest BCUT2D eigenvalue weighted by atomic mass is 32.2. The summed E-state index contributed by atoms with van der Waals surface area (Å²) < 4.78 is 0. The van der Waals surface area contributed by atoms with E-state index in [2.05, 4.69) is 27.0 Å². The summed E-state index contributed by atoms with van der Waals surface area (Å²) in [5.41, 5.74) is 0.352. The predicted octanol–water partition coefficient (Wildman–Crippen LogP) is 3.05. The fraction of sp³-hybridized carbons (Fsp3) is 0.500. The minimum atomic E-state index is -0.935. The number of carbonyl (C=O) groups is 2. The van der Waals surface area contributed by atoms with Crippen molar-refractivity contribution in [1.29, 1.82) is 0 Å². The quantitative estimate of drug-likeness (QED) is 0.762. The first-order valence-corrected chi connectivity index (χ1v) is 6.21. The predicted molar refractivity (Wildman–Crippen MR) is 73.6 cm³/mol. The van der Waals surface area contributed by atoms with E-state index in [0.29, 0.717) is 0 Å². The molecule has 0 aromatic rings. The van der Waals surface area contributed by atoms with E-state index >= 15 is 0 Å². The maximum Gasteiger partial charge on any atom is 0.330 e. The maximum absolute atomic E-state index is 9.60. The number of hydrogen-bond acceptors (Lipinski definition) is 3. The highest BCUT2D eigenvalue weighted by molar-refractivity contribution is 7.99. The van der Waals surface area contributed by atoms with Crippen LogP contribution in [0.4, 0.5) is 0 Å². The molecule has 0 unspecified atom stereocenters. The Kier molecular flexibility index (Phi) is 18.3. The Morgan fingerprint density at radius 2 is 1.12 bits per heavy atom. The lowest BCUT2D eigenvalue weighted by Crippen LogP contribution is -1.92. The molecule has 0 atom stereocenters. The zero-order valence-corrected chi connectivity index (χ0v) is 11.8. The van der Waals surface area contributed by atoms with Gasteiger partial charge in [-0.1, -0.05) is 27.0 Å². The molecule has 0 saturated carbocycles. The number of thioether (sulfide) groups is 1. The van der Waals surface area contributed by atoms with Crippen LogP contribution in [0.2, 0.25) is 0 Å². The molecule has 0 rings (SSSR count). The van der Waals surface area contributed by atoms with Gasteiger partial charge in [-0.15, -0.1) is 0 Å². The summed E-state index contributed by atoms with van der Waals surface area (Å²) in [6, 6.07) is 0. The number of hydrogen-bond donors (Lipinski definition) is 2. The highest BCUT2D eigenvalue weighted by Crippen LogP contribution is 1.93. The molecule has 4 nitrogen and oxygen atoms in total. The first-order chi connectivity index (χ1) is 7.70. The number of aliphatic carboxylic acids is 2. The third-order valence-electron chi connectivity index (χ3n) is 1.14. The lowest BCUT2D eigenvalue weighted by molar-refractivity contribution is -0.133. The third-order valence-corrected chi connectivity index (χ3v) is 1.95. The lowest BCUT2D eigenvalue weighted by Gasteiger charge is -1.80. The van der Waals surface area contributed by atoms with Crippen LogP contribution in [0.3, 0.4) is 0 Å². The summed E-state index contributed by atoms with van der Waals surface area (Å²) >= 11 is 1.96. The van der Waals surface area contributed by atoms with Gasteiger partial charge in [0.2, 0.25) is 0 Å². The Hall–Kier alpha value is -1.23. The van der Waals surface area contributed by atoms with Crippen LogP contribution in [-0.2, 0) is 9.59 Å². The average Bonchev–Trinajstić information content (AvgIpc) is 2.20. The SMILES string of the molecule is C=C(C)C(=O)O.C=C(C)C(=O)O.CCSCC. The fourth-order valence-electron chi connectivity index (χ4n) is 0.204. The van der Waals surface area contributed by atoms with Crippen LogP contribution in [0.15, 0.2) is 24.3 Å². The lowest BCUT2D eigenvalue weighted by atomic mass is 10.4. The molecular weight excluding hydrogens is 240 g/mol. The summed E-state index contributed by atoms with van der Waals surface area (Å²) in [6.45, 7) is 13.6. The van der Waals surface area contributed by atoms with Gasteiger partial charge in [0.15, 0.2) is 0 Å². The molecule has 0 spiro atoms. The molecule has 0 amide bonds. The van der Waals surface area contributed by atoms with Crippen molar-refractivity contribution < 1.29 is 19.8 Å². The molecule has 0 bridgehead atoms. The second-order valence-corrected chi connectivity index (χ2v) is 4.52. The number of carboxylic acids is 2. The van der Waals surface area contributed by atoms with Crippen molar-refractivity contribution in [3.8, 4) is 0 Å². The topological polar surface area (TPSA) is 74.6 Å². The molecule has 0 radical (unpaired) electrons. The van der Waals surface area contributed by atoms with E-state index in [1.165, 1.54) is 25.4 Å². The standard InChI is InChI=1S/2C4H6O2.C4H10S/c2*1-3(2)4(5)6;1-3-5-4-2/h2*1H2,2H3,(H,5,6);3-4H2,1-2H3. The van der Waals surface area contributed by atoms with E-state index in [4.69, 9.17) is 10.2 Å². The molecule has 0 saturated heterocycles. The summed E-state index contributed by atoms with van der Waals surface area (Å²) in [7, 11) is 0. The summed E-state index contributed by atoms with van der Waals surface area (Å²) in [6.07, 6.45) is 0. The molecular formula is C12H22O4S. The van der Waals surface area contributed by atoms with Crippen molar-refractivity contribution in [1.82, 2.24) is 0 Å². The van der Waals surface area contributed by atoms with E-state index in [-0.39, 0.29) is 11.1 Å². The van der Waals surface area contributed by atoms with Crippen molar-refractivity contribution >= 4 is 23.7 Å². The van der Waals surface area contributed by atoms with E-state index in [1.807, 2.05) is 11.8 Å². The van der Waals surface area contributed by atoms with Crippen LogP contribution in [0.25, 0.3) is 0 Å². The van der Waals surface area contributed by atoms with Crippen LogP contribution in [0.5, 0.6) is 0 Å². The first-order valence-electron chi connectivity index (χ1n) is 5.05. The largest absolute Gasteiger partial charge is 0.478 e. The molecule has 0 aliphatic heterocycles. The van der Waals surface area contributed by atoms with Gasteiger partial charge >= 0.3 is 11.9 Å². The Labute approximate surface area is 107 Å². The Morgan fingerprint density at radius 1 is 0.941 bits per heavy atom. The molecule has 17 heavy (non-hydrogen) atoms. The summed E-state index contributed by atoms with van der Waals surface area (Å²) in [4.78, 5) is 19.2. The van der Waals surface area contributed by atoms with Gasteiger partial charge in [0.1, 0.15) is 0 Å². The van der Waals surface area contributed by atoms with E-state index < -0.39 is 11.9 Å². The monoisotopic (exact) mass is 262 g/mol. The van der Waals surface area contributed by atoms with Crippen LogP contribution >= 0.6 is 11.8 Å². The minimum Gasteiger partial charge on any atom is -0.478 e. The number of carboxylic acid groups (broad SMARTS) is 2. The van der Waals surface area contributed by atoms with Gasteiger partial charge in [0, 0.05) is 11.1 Å². The van der Waals surface area contributed by atoms with Gasteiger partial charge in [-0.3, -0.25) is 0 Å². The van der Waals surface area contributed by atoms with Crippen LogP contribution in [0, 0.1) is 0 Å². The molecule has 0 heterocycles. The Morgan fingerprint density at radius 3 is 1.12 bits per heavy atom. The van der Waals surface area contributed by atoms with Crippen molar-refractivity contribution in [2.45, 2.75) is 27.7 Å². The molecule has 5 heteroatoms. The molecule has 2 N–H and O–H groups in total. The van der Waals surface area contributed by atoms with Crippen molar-refractivity contribution in [3.05, 3.63) is 24.3 Å². The zero-order chi connectivity index (χ0) is 14.4. The van der Waals surface area contributed by atoms with Gasteiger partial charge in [-0.2, -0.15) is 11.8 Å². The zero-order valence-electron chi connectivity index (χ0n) is 10.9. The Balaban J connectivity index is -0.000000174. The third kappa shape index (κ3) is 31.3. The van der Waals surface area contributed by atoms with Crippen LogP contribution in [0.1, 0.15) is 27.7 Å². The smallest absolute Gasteiger partial charge is 0.330 e. The van der Waals surface area contributed by atoms with Crippen molar-refractivity contribution in [3.63, 3.8) is 0 Å². The van der Waals surface area contributed by atoms with E-state index in [1.54, 1.807) is 0 Å². The normalized spacial score (nSPS) is 7.76. The molecule has 0 aromatic carbocycles. The number of rotatable bonds is 4. The van der Waals surface area contributed by atoms with Gasteiger partial charge < -0.3 is 10.2 Å². The average molecular weight is 262 g/mol. The van der Waals surface area contributed by atoms with Gasteiger partial charge in [0.05, 0.1) is 0 Å². The fourth-order valence-corrected chi connectivity index (χ4v) is 0.612. The molecule has 0 aliphatic rings. The molecule has 100 valence electrons. The van der Waals surface area contributed by atoms with Crippen molar-refractivity contribution in [2.24, 2.45) is 0 Å². The minimum absolute atomic E-state index is 0.176. The maximum atomic E-state index is 9.60. The second kappa shape index (κ2) is 14.8. The second-order valence-electron chi connectivity index (χ2n) is 2.95. The Bertz CT molecular complexity index is 209. The highest BCUT2D eigenvalue weighted by Gasteiger charge is 1.90. The van der Waals surface area contributed by atoms with Gasteiger partial charge in [0.25, 0.3) is 0 Å². The first kappa shape index (κ1) is 21.1. The molecule has 0 fully saturated rings. The summed E-state index contributed by atoms with van der Waals surface area (Å²) in [5.74, 6) is 0.650. The molecule has 0 aromatic heterocycles. The molecule has 0 aliphatic carbocycles. The van der Waals surface area contributed by atoms with Gasteiger partial charge in [-0.05, 0) is 25.4 Å².